The monoisotopic (exact) mass is 370 g/mol. The fourth-order valence-electron chi connectivity index (χ4n) is 3.51. The van der Waals surface area contributed by atoms with Crippen LogP contribution in [0.3, 0.4) is 0 Å². The minimum Gasteiger partial charge on any atom is -0.397 e. The van der Waals surface area contributed by atoms with E-state index < -0.39 is 0 Å². The average molecular weight is 370 g/mol. The van der Waals surface area contributed by atoms with E-state index in [2.05, 4.69) is 63.8 Å². The van der Waals surface area contributed by atoms with Crippen LogP contribution in [-0.4, -0.2) is 16.5 Å². The Labute approximate surface area is 163 Å². The van der Waals surface area contributed by atoms with E-state index in [1.165, 1.54) is 17.3 Å². The summed E-state index contributed by atoms with van der Waals surface area (Å²) >= 11 is 0. The van der Waals surface area contributed by atoms with Crippen LogP contribution in [0.15, 0.2) is 83.8 Å². The number of fused-ring (bicyclic) bond motifs is 1. The van der Waals surface area contributed by atoms with Gasteiger partial charge in [0.2, 0.25) is 0 Å². The molecule has 28 heavy (non-hydrogen) atoms. The van der Waals surface area contributed by atoms with Crippen LogP contribution in [0.4, 0.5) is 11.4 Å². The quantitative estimate of drug-likeness (QED) is 0.445. The van der Waals surface area contributed by atoms with Crippen molar-refractivity contribution in [3.8, 4) is 0 Å². The number of nitrogens with one attached hydrogen (secondary N) is 2. The molecule has 0 aliphatic rings. The second-order valence-electron chi connectivity index (χ2n) is 6.79. The van der Waals surface area contributed by atoms with E-state index in [0.29, 0.717) is 22.6 Å². The second-order valence-corrected chi connectivity index (χ2v) is 6.79. The summed E-state index contributed by atoms with van der Waals surface area (Å²) in [6.45, 7) is 0.757. The van der Waals surface area contributed by atoms with Gasteiger partial charge in [0.1, 0.15) is 0 Å². The maximum absolute atomic E-state index is 11.4. The van der Waals surface area contributed by atoms with E-state index in [-0.39, 0.29) is 5.56 Å². The molecule has 140 valence electrons. The van der Waals surface area contributed by atoms with E-state index in [0.717, 1.165) is 18.7 Å². The van der Waals surface area contributed by atoms with Gasteiger partial charge >= 0.3 is 0 Å². The molecule has 4 N–H and O–H groups in total. The molecule has 0 radical (unpaired) electrons. The first-order valence-electron chi connectivity index (χ1n) is 9.33. The molecule has 0 atom stereocenters. The third-order valence-electron chi connectivity index (χ3n) is 4.90. The number of nitrogen functional groups attached to an aromatic ring is 1. The summed E-state index contributed by atoms with van der Waals surface area (Å²) in [5, 5.41) is 3.43. The summed E-state index contributed by atoms with van der Waals surface area (Å²) in [5.74, 6) is 0.297. The highest BCUT2D eigenvalue weighted by atomic mass is 16.1. The van der Waals surface area contributed by atoms with Gasteiger partial charge in [-0.1, -0.05) is 60.7 Å². The van der Waals surface area contributed by atoms with Gasteiger partial charge in [-0.15, -0.1) is 0 Å². The Bertz CT molecular complexity index is 1080. The first kappa shape index (κ1) is 17.8. The Hall–Kier alpha value is -3.60. The van der Waals surface area contributed by atoms with E-state index in [1.54, 1.807) is 6.07 Å². The van der Waals surface area contributed by atoms with Crippen LogP contribution in [0.2, 0.25) is 0 Å². The summed E-state index contributed by atoms with van der Waals surface area (Å²) in [6.07, 6.45) is 2.20. The van der Waals surface area contributed by atoms with Gasteiger partial charge in [-0.25, -0.2) is 4.98 Å². The molecule has 3 aromatic carbocycles. The van der Waals surface area contributed by atoms with Crippen molar-refractivity contribution in [3.63, 3.8) is 0 Å². The molecule has 1 aromatic heterocycles. The van der Waals surface area contributed by atoms with Gasteiger partial charge in [-0.2, -0.15) is 0 Å². The molecule has 0 saturated carbocycles. The van der Waals surface area contributed by atoms with E-state index in [4.69, 9.17) is 5.73 Å². The van der Waals surface area contributed by atoms with Crippen molar-refractivity contribution >= 4 is 22.4 Å². The molecular formula is C23H22N4O. The fraction of sp³-hybridized carbons (Fsp3) is 0.130. The molecule has 4 rings (SSSR count). The van der Waals surface area contributed by atoms with Crippen molar-refractivity contribution in [2.75, 3.05) is 17.6 Å². The Kier molecular flexibility index (Phi) is 5.06. The normalized spacial score (nSPS) is 11.0. The number of rotatable bonds is 6. The van der Waals surface area contributed by atoms with Crippen molar-refractivity contribution in [3.05, 3.63) is 100 Å². The first-order chi connectivity index (χ1) is 13.7. The van der Waals surface area contributed by atoms with E-state index in [1.807, 2.05) is 18.2 Å². The molecule has 5 heteroatoms. The second kappa shape index (κ2) is 7.96. The van der Waals surface area contributed by atoms with Gasteiger partial charge in [-0.3, -0.25) is 4.79 Å². The molecule has 0 spiro atoms. The molecule has 5 nitrogen and oxygen atoms in total. The third-order valence-corrected chi connectivity index (χ3v) is 4.90. The summed E-state index contributed by atoms with van der Waals surface area (Å²) in [5.41, 5.74) is 11.3. The van der Waals surface area contributed by atoms with Crippen molar-refractivity contribution in [1.29, 1.82) is 0 Å². The Morgan fingerprint density at radius 1 is 0.964 bits per heavy atom. The van der Waals surface area contributed by atoms with Crippen LogP contribution in [0.1, 0.15) is 23.5 Å². The zero-order valence-corrected chi connectivity index (χ0v) is 15.4. The number of benzene rings is 3. The highest BCUT2D eigenvalue weighted by Crippen LogP contribution is 2.29. The smallest absolute Gasteiger partial charge is 0.266 e. The van der Waals surface area contributed by atoms with Crippen LogP contribution in [0, 0.1) is 0 Å². The van der Waals surface area contributed by atoms with Gasteiger partial charge < -0.3 is 16.0 Å². The molecule has 4 aromatic rings. The highest BCUT2D eigenvalue weighted by Gasteiger charge is 2.14. The Morgan fingerprint density at radius 2 is 1.61 bits per heavy atom. The number of nitrogens with two attached hydrogens (primary N) is 1. The number of H-pyrrole nitrogens is 1. The zero-order chi connectivity index (χ0) is 19.3. The van der Waals surface area contributed by atoms with Crippen LogP contribution >= 0.6 is 0 Å². The average Bonchev–Trinajstić information content (AvgIpc) is 2.73. The number of hydrogen-bond donors (Lipinski definition) is 3. The SMILES string of the molecule is Nc1cc2[nH]c(=O)cnc2cc1NCCC(c1ccccc1)c1ccccc1. The van der Waals surface area contributed by atoms with Crippen LogP contribution < -0.4 is 16.6 Å². The van der Waals surface area contributed by atoms with E-state index >= 15 is 0 Å². The summed E-state index contributed by atoms with van der Waals surface area (Å²) < 4.78 is 0. The predicted octanol–water partition coefficient (Wildman–Crippen LogP) is 4.14. The van der Waals surface area contributed by atoms with Crippen molar-refractivity contribution in [2.24, 2.45) is 0 Å². The standard InChI is InChI=1S/C23H22N4O/c24-19-13-22-21(26-15-23(28)27-22)14-20(19)25-12-11-18(16-7-3-1-4-8-16)17-9-5-2-6-10-17/h1-10,13-15,18,25H,11-12,24H2,(H,27,28). The van der Waals surface area contributed by atoms with Crippen molar-refractivity contribution in [1.82, 2.24) is 9.97 Å². The lowest BCUT2D eigenvalue weighted by molar-refractivity contribution is 0.745. The molecule has 0 bridgehead atoms. The van der Waals surface area contributed by atoms with Gasteiger partial charge in [-0.05, 0) is 29.7 Å². The van der Waals surface area contributed by atoms with E-state index in [9.17, 15) is 4.79 Å². The number of nitrogens with zero attached hydrogens (tertiary/aromatic N) is 1. The lowest BCUT2D eigenvalue weighted by Crippen LogP contribution is -2.11. The number of anilines is 2. The van der Waals surface area contributed by atoms with Crippen molar-refractivity contribution < 1.29 is 0 Å². The summed E-state index contributed by atoms with van der Waals surface area (Å²) in [4.78, 5) is 18.4. The number of hydrogen-bond acceptors (Lipinski definition) is 4. The lowest BCUT2D eigenvalue weighted by atomic mass is 9.88. The topological polar surface area (TPSA) is 83.8 Å². The molecule has 0 unspecified atom stereocenters. The van der Waals surface area contributed by atoms with Crippen LogP contribution in [0.5, 0.6) is 0 Å². The lowest BCUT2D eigenvalue weighted by Gasteiger charge is -2.19. The van der Waals surface area contributed by atoms with Crippen LogP contribution in [0.25, 0.3) is 11.0 Å². The van der Waals surface area contributed by atoms with Gasteiger partial charge in [0.05, 0.1) is 28.6 Å². The van der Waals surface area contributed by atoms with Gasteiger partial charge in [0, 0.05) is 12.5 Å². The molecule has 0 aliphatic heterocycles. The Morgan fingerprint density at radius 3 is 2.25 bits per heavy atom. The summed E-state index contributed by atoms with van der Waals surface area (Å²) in [6, 6.07) is 24.7. The van der Waals surface area contributed by atoms with Crippen molar-refractivity contribution in [2.45, 2.75) is 12.3 Å². The molecule has 1 heterocycles. The van der Waals surface area contributed by atoms with Gasteiger partial charge in [0.25, 0.3) is 5.56 Å². The Balaban J connectivity index is 1.54. The number of aromatic nitrogens is 2. The molecule has 0 aliphatic carbocycles. The zero-order valence-electron chi connectivity index (χ0n) is 15.4. The predicted molar refractivity (Wildman–Crippen MR) is 115 cm³/mol. The third kappa shape index (κ3) is 3.88. The molecule has 0 amide bonds. The fourth-order valence-corrected chi connectivity index (χ4v) is 3.51. The number of aromatic amines is 1. The largest absolute Gasteiger partial charge is 0.397 e. The van der Waals surface area contributed by atoms with Gasteiger partial charge in [0.15, 0.2) is 0 Å². The minimum atomic E-state index is -0.235. The summed E-state index contributed by atoms with van der Waals surface area (Å²) in [7, 11) is 0. The first-order valence-corrected chi connectivity index (χ1v) is 9.33. The molecule has 0 fully saturated rings. The molecule has 0 saturated heterocycles. The maximum Gasteiger partial charge on any atom is 0.266 e. The van der Waals surface area contributed by atoms with Crippen LogP contribution in [-0.2, 0) is 0 Å². The maximum atomic E-state index is 11.4. The molecular weight excluding hydrogens is 348 g/mol. The highest BCUT2D eigenvalue weighted by molar-refractivity contribution is 5.86. The minimum absolute atomic E-state index is 0.235.